The van der Waals surface area contributed by atoms with E-state index in [-0.39, 0.29) is 5.54 Å². The zero-order valence-corrected chi connectivity index (χ0v) is 17.9. The normalized spacial score (nSPS) is 16.3. The van der Waals surface area contributed by atoms with Crippen LogP contribution in [0.1, 0.15) is 27.2 Å². The first-order valence-corrected chi connectivity index (χ1v) is 10.4. The fourth-order valence-electron chi connectivity index (χ4n) is 3.40. The predicted molar refractivity (Wildman–Crippen MR) is 122 cm³/mol. The van der Waals surface area contributed by atoms with Gasteiger partial charge < -0.3 is 10.2 Å². The van der Waals surface area contributed by atoms with Gasteiger partial charge in [0.1, 0.15) is 5.84 Å². The quantitative estimate of drug-likeness (QED) is 0.557. The Kier molecular flexibility index (Phi) is 6.97. The van der Waals surface area contributed by atoms with Gasteiger partial charge in [0, 0.05) is 44.8 Å². The van der Waals surface area contributed by atoms with E-state index in [2.05, 4.69) is 66.2 Å². The summed E-state index contributed by atoms with van der Waals surface area (Å²) in [4.78, 5) is 9.88. The molecular weight excluding hydrogens is 368 g/mol. The molecule has 2 aromatic rings. The molecular formula is C23H31ClN4. The average Bonchev–Trinajstić information content (AvgIpc) is 2.68. The van der Waals surface area contributed by atoms with E-state index in [1.807, 2.05) is 24.3 Å². The van der Waals surface area contributed by atoms with Gasteiger partial charge in [-0.15, -0.1) is 0 Å². The summed E-state index contributed by atoms with van der Waals surface area (Å²) in [5.41, 5.74) is 2.11. The molecule has 0 bridgehead atoms. The molecule has 5 heteroatoms. The molecule has 1 aliphatic rings. The topological polar surface area (TPSA) is 30.9 Å². The van der Waals surface area contributed by atoms with Crippen LogP contribution in [-0.2, 0) is 0 Å². The number of aliphatic imine (C=N–C) groups is 1. The van der Waals surface area contributed by atoms with Gasteiger partial charge in [0.25, 0.3) is 0 Å². The van der Waals surface area contributed by atoms with Gasteiger partial charge in [-0.25, -0.2) is 0 Å². The number of nitrogens with one attached hydrogen (secondary N) is 1. The molecule has 0 radical (unpaired) electrons. The first kappa shape index (κ1) is 20.7. The lowest BCUT2D eigenvalue weighted by atomic mass is 10.1. The number of hydrogen-bond donors (Lipinski definition) is 1. The lowest BCUT2D eigenvalue weighted by Gasteiger charge is -2.36. The van der Waals surface area contributed by atoms with Crippen molar-refractivity contribution in [2.75, 3.05) is 42.9 Å². The van der Waals surface area contributed by atoms with Crippen molar-refractivity contribution in [1.29, 1.82) is 0 Å². The zero-order valence-electron chi connectivity index (χ0n) is 17.2. The van der Waals surface area contributed by atoms with Crippen LogP contribution in [0, 0.1) is 0 Å². The van der Waals surface area contributed by atoms with Gasteiger partial charge in [0.15, 0.2) is 0 Å². The van der Waals surface area contributed by atoms with Gasteiger partial charge in [-0.3, -0.25) is 9.89 Å². The molecule has 2 aromatic carbocycles. The monoisotopic (exact) mass is 398 g/mol. The summed E-state index contributed by atoms with van der Waals surface area (Å²) in [5, 5.41) is 4.18. The minimum Gasteiger partial charge on any atom is -0.369 e. The molecule has 0 spiro atoms. The number of piperazine rings is 1. The van der Waals surface area contributed by atoms with E-state index in [4.69, 9.17) is 16.6 Å². The van der Waals surface area contributed by atoms with Crippen molar-refractivity contribution < 1.29 is 0 Å². The van der Waals surface area contributed by atoms with Crippen LogP contribution in [0.4, 0.5) is 11.4 Å². The molecule has 0 amide bonds. The van der Waals surface area contributed by atoms with E-state index in [9.17, 15) is 0 Å². The highest BCUT2D eigenvalue weighted by Gasteiger charge is 2.18. The van der Waals surface area contributed by atoms with Crippen LogP contribution in [0.15, 0.2) is 59.6 Å². The van der Waals surface area contributed by atoms with Crippen LogP contribution >= 0.6 is 11.6 Å². The average molecular weight is 399 g/mol. The van der Waals surface area contributed by atoms with Crippen molar-refractivity contribution in [1.82, 2.24) is 4.90 Å². The molecule has 1 aliphatic heterocycles. The third-order valence-electron chi connectivity index (χ3n) is 4.78. The fraction of sp³-hybridized carbons (Fsp3) is 0.435. The van der Waals surface area contributed by atoms with E-state index in [0.717, 1.165) is 55.7 Å². The number of para-hydroxylation sites is 2. The standard InChI is InChI=1S/C23H31ClN4/c1-23(2,3)26-22(25-21-12-8-7-11-20(21)24)13-14-27-15-17-28(18-16-27)19-9-5-4-6-10-19/h4-12H,13-18H2,1-3H3,(H,25,26). The largest absolute Gasteiger partial charge is 0.369 e. The molecule has 1 N–H and O–H groups in total. The number of amidine groups is 1. The maximum Gasteiger partial charge on any atom is 0.103 e. The fourth-order valence-corrected chi connectivity index (χ4v) is 3.58. The van der Waals surface area contributed by atoms with Crippen LogP contribution in [0.2, 0.25) is 5.02 Å². The van der Waals surface area contributed by atoms with Crippen molar-refractivity contribution in [3.8, 4) is 0 Å². The highest BCUT2D eigenvalue weighted by atomic mass is 35.5. The Labute approximate surface area is 174 Å². The summed E-state index contributed by atoms with van der Waals surface area (Å²) < 4.78 is 0. The highest BCUT2D eigenvalue weighted by molar-refractivity contribution is 6.33. The van der Waals surface area contributed by atoms with Gasteiger partial charge in [0.05, 0.1) is 16.2 Å². The summed E-state index contributed by atoms with van der Waals surface area (Å²) in [7, 11) is 0. The summed E-state index contributed by atoms with van der Waals surface area (Å²) in [6.45, 7) is 11.6. The van der Waals surface area contributed by atoms with Crippen molar-refractivity contribution in [3.05, 3.63) is 59.6 Å². The van der Waals surface area contributed by atoms with Crippen LogP contribution < -0.4 is 10.2 Å². The van der Waals surface area contributed by atoms with E-state index in [1.165, 1.54) is 5.69 Å². The van der Waals surface area contributed by atoms with Gasteiger partial charge in [-0.1, -0.05) is 41.9 Å². The second-order valence-electron chi connectivity index (χ2n) is 8.25. The van der Waals surface area contributed by atoms with E-state index >= 15 is 0 Å². The van der Waals surface area contributed by atoms with Gasteiger partial charge in [0.2, 0.25) is 0 Å². The SMILES string of the molecule is CC(C)(C)N=C(CCN1CCN(c2ccccc2)CC1)Nc1ccccc1Cl. The molecule has 0 unspecified atom stereocenters. The highest BCUT2D eigenvalue weighted by Crippen LogP contribution is 2.22. The number of halogens is 1. The van der Waals surface area contributed by atoms with E-state index in [0.29, 0.717) is 0 Å². The lowest BCUT2D eigenvalue weighted by molar-refractivity contribution is 0.265. The third kappa shape index (κ3) is 6.25. The van der Waals surface area contributed by atoms with Crippen LogP contribution in [0.3, 0.4) is 0 Å². The molecule has 0 atom stereocenters. The Morgan fingerprint density at radius 3 is 2.25 bits per heavy atom. The number of anilines is 2. The summed E-state index contributed by atoms with van der Waals surface area (Å²) in [5.74, 6) is 0.992. The number of nitrogens with zero attached hydrogens (tertiary/aromatic N) is 3. The number of rotatable bonds is 5. The smallest absolute Gasteiger partial charge is 0.103 e. The Morgan fingerprint density at radius 2 is 1.61 bits per heavy atom. The molecule has 1 heterocycles. The Hall–Kier alpha value is -2.04. The van der Waals surface area contributed by atoms with Crippen molar-refractivity contribution in [2.24, 2.45) is 4.99 Å². The second-order valence-corrected chi connectivity index (χ2v) is 8.66. The number of benzene rings is 2. The minimum atomic E-state index is -0.129. The molecule has 0 aliphatic carbocycles. The molecule has 0 saturated carbocycles. The van der Waals surface area contributed by atoms with E-state index in [1.54, 1.807) is 0 Å². The molecule has 0 aromatic heterocycles. The first-order chi connectivity index (χ1) is 13.4. The van der Waals surface area contributed by atoms with Crippen molar-refractivity contribution in [2.45, 2.75) is 32.7 Å². The summed E-state index contributed by atoms with van der Waals surface area (Å²) >= 11 is 6.33. The molecule has 1 fully saturated rings. The zero-order chi connectivity index (χ0) is 20.0. The predicted octanol–water partition coefficient (Wildman–Crippen LogP) is 5.16. The van der Waals surface area contributed by atoms with Gasteiger partial charge in [-0.05, 0) is 45.0 Å². The molecule has 4 nitrogen and oxygen atoms in total. The van der Waals surface area contributed by atoms with Crippen LogP contribution in [0.5, 0.6) is 0 Å². The maximum atomic E-state index is 6.33. The Morgan fingerprint density at radius 1 is 0.964 bits per heavy atom. The molecule has 3 rings (SSSR count). The number of hydrogen-bond acceptors (Lipinski definition) is 3. The van der Waals surface area contributed by atoms with Crippen molar-refractivity contribution >= 4 is 28.8 Å². The second kappa shape index (κ2) is 9.44. The molecule has 28 heavy (non-hydrogen) atoms. The molecule has 150 valence electrons. The maximum absolute atomic E-state index is 6.33. The summed E-state index contributed by atoms with van der Waals surface area (Å²) in [6.07, 6.45) is 0.883. The van der Waals surface area contributed by atoms with Crippen LogP contribution in [-0.4, -0.2) is 49.0 Å². The van der Waals surface area contributed by atoms with Gasteiger partial charge in [-0.2, -0.15) is 0 Å². The third-order valence-corrected chi connectivity index (χ3v) is 5.11. The Balaban J connectivity index is 1.57. The van der Waals surface area contributed by atoms with E-state index < -0.39 is 0 Å². The van der Waals surface area contributed by atoms with Crippen molar-refractivity contribution in [3.63, 3.8) is 0 Å². The minimum absolute atomic E-state index is 0.129. The Bertz CT molecular complexity index is 775. The lowest BCUT2D eigenvalue weighted by Crippen LogP contribution is -2.47. The van der Waals surface area contributed by atoms with Gasteiger partial charge >= 0.3 is 0 Å². The first-order valence-electron chi connectivity index (χ1n) is 10.0. The summed E-state index contributed by atoms with van der Waals surface area (Å²) in [6, 6.07) is 18.5. The van der Waals surface area contributed by atoms with Crippen LogP contribution in [0.25, 0.3) is 0 Å². The molecule has 1 saturated heterocycles.